The first kappa shape index (κ1) is 43.8. The lowest BCUT2D eigenvalue weighted by atomic mass is 9.78. The number of hydrogen-bond acceptors (Lipinski definition) is 2. The molecule has 0 saturated heterocycles. The number of rotatable bonds is 6. The van der Waals surface area contributed by atoms with Crippen molar-refractivity contribution in [3.8, 4) is 22.3 Å². The monoisotopic (exact) mass is 906 g/mol. The fourth-order valence-electron chi connectivity index (χ4n) is 12.2. The van der Waals surface area contributed by atoms with Crippen LogP contribution in [0.25, 0.3) is 54.6 Å². The van der Waals surface area contributed by atoms with Crippen LogP contribution in [0.5, 0.6) is 0 Å². The highest BCUT2D eigenvalue weighted by molar-refractivity contribution is 6.20. The van der Waals surface area contributed by atoms with E-state index in [1.54, 1.807) is 0 Å². The van der Waals surface area contributed by atoms with Gasteiger partial charge in [0.15, 0.2) is 0 Å². The zero-order valence-electron chi connectivity index (χ0n) is 42.9. The van der Waals surface area contributed by atoms with Gasteiger partial charge in [-0.15, -0.1) is 0 Å². The van der Waals surface area contributed by atoms with Crippen LogP contribution in [0.1, 0.15) is 94.5 Å². The quantitative estimate of drug-likeness (QED) is 0.153. The number of hydrogen-bond donors (Lipinski definition) is 0. The smallest absolute Gasteiger partial charge is 0.0468 e. The van der Waals surface area contributed by atoms with Gasteiger partial charge in [0.1, 0.15) is 0 Å². The van der Waals surface area contributed by atoms with Crippen LogP contribution >= 0.6 is 0 Å². The highest BCUT2D eigenvalue weighted by Crippen LogP contribution is 2.60. The molecule has 0 aliphatic heterocycles. The molecule has 2 aliphatic carbocycles. The van der Waals surface area contributed by atoms with Crippen LogP contribution in [0.4, 0.5) is 34.1 Å². The Morgan fingerprint density at radius 2 is 0.686 bits per heavy atom. The summed E-state index contributed by atoms with van der Waals surface area (Å²) in [5, 5.41) is 7.76. The van der Waals surface area contributed by atoms with Gasteiger partial charge in [0.2, 0.25) is 0 Å². The number of nitrogens with zero attached hydrogens (tertiary/aromatic N) is 2. The van der Waals surface area contributed by atoms with E-state index in [9.17, 15) is 0 Å². The Morgan fingerprint density at radius 1 is 0.286 bits per heavy atom. The van der Waals surface area contributed by atoms with E-state index in [2.05, 4.69) is 251 Å². The third kappa shape index (κ3) is 6.45. The van der Waals surface area contributed by atoms with Crippen LogP contribution in [-0.4, -0.2) is 0 Å². The van der Waals surface area contributed by atoms with E-state index in [1.807, 2.05) is 0 Å². The van der Waals surface area contributed by atoms with Gasteiger partial charge >= 0.3 is 0 Å². The van der Waals surface area contributed by atoms with Crippen molar-refractivity contribution in [3.63, 3.8) is 0 Å². The number of fused-ring (bicyclic) bond motifs is 13. The average Bonchev–Trinajstić information content (AvgIpc) is 3.72. The molecule has 10 aromatic rings. The topological polar surface area (TPSA) is 6.48 Å². The van der Waals surface area contributed by atoms with E-state index < -0.39 is 0 Å². The molecule has 0 bridgehead atoms. The molecule has 0 saturated carbocycles. The second kappa shape index (κ2) is 15.5. The van der Waals surface area contributed by atoms with Gasteiger partial charge in [0.25, 0.3) is 0 Å². The normalized spacial score (nSPS) is 13.9. The Bertz CT molecular complexity index is 3780. The van der Waals surface area contributed by atoms with Gasteiger partial charge in [0.05, 0.1) is 0 Å². The summed E-state index contributed by atoms with van der Waals surface area (Å²) in [6.45, 7) is 27.6. The highest BCUT2D eigenvalue weighted by Gasteiger charge is 2.44. The maximum atomic E-state index is 2.61. The van der Waals surface area contributed by atoms with Gasteiger partial charge in [-0.3, -0.25) is 0 Å². The summed E-state index contributed by atoms with van der Waals surface area (Å²) in [5.74, 6) is 0. The minimum Gasteiger partial charge on any atom is -0.310 e. The molecule has 0 radical (unpaired) electrons. The first-order chi connectivity index (χ1) is 33.5. The predicted molar refractivity (Wildman–Crippen MR) is 301 cm³/mol. The first-order valence-corrected chi connectivity index (χ1v) is 25.2. The van der Waals surface area contributed by atoms with Gasteiger partial charge in [-0.1, -0.05) is 100 Å². The molecule has 0 spiro atoms. The van der Waals surface area contributed by atoms with Gasteiger partial charge in [-0.25, -0.2) is 0 Å². The van der Waals surface area contributed by atoms with Gasteiger partial charge in [-0.05, 0) is 262 Å². The Morgan fingerprint density at radius 3 is 1.17 bits per heavy atom. The van der Waals surface area contributed by atoms with Crippen LogP contribution in [-0.2, 0) is 10.8 Å². The van der Waals surface area contributed by atoms with Crippen molar-refractivity contribution in [2.24, 2.45) is 0 Å². The van der Waals surface area contributed by atoms with Crippen LogP contribution in [0.15, 0.2) is 158 Å². The number of aryl methyl sites for hydroxylation is 8. The van der Waals surface area contributed by atoms with E-state index in [1.165, 1.54) is 121 Å². The molecule has 10 aromatic carbocycles. The van der Waals surface area contributed by atoms with Crippen LogP contribution < -0.4 is 9.80 Å². The van der Waals surface area contributed by atoms with Crippen LogP contribution in [0, 0.1) is 55.4 Å². The van der Waals surface area contributed by atoms with Crippen molar-refractivity contribution in [1.29, 1.82) is 0 Å². The Labute approximate surface area is 414 Å². The molecule has 2 aliphatic rings. The van der Waals surface area contributed by atoms with Crippen LogP contribution in [0.3, 0.4) is 0 Å². The van der Waals surface area contributed by atoms with Crippen molar-refractivity contribution < 1.29 is 0 Å². The highest BCUT2D eigenvalue weighted by atomic mass is 15.1. The summed E-state index contributed by atoms with van der Waals surface area (Å²) in [6, 6.07) is 61.1. The van der Waals surface area contributed by atoms with E-state index in [-0.39, 0.29) is 10.8 Å². The van der Waals surface area contributed by atoms with Gasteiger partial charge in [-0.2, -0.15) is 0 Å². The lowest BCUT2D eigenvalue weighted by Gasteiger charge is -2.29. The predicted octanol–water partition coefficient (Wildman–Crippen LogP) is 19.2. The molecular weight excluding hydrogens is 845 g/mol. The van der Waals surface area contributed by atoms with Gasteiger partial charge < -0.3 is 9.80 Å². The molecule has 0 aromatic heterocycles. The van der Waals surface area contributed by atoms with Gasteiger partial charge in [0, 0.05) is 45.0 Å². The van der Waals surface area contributed by atoms with Crippen molar-refractivity contribution in [1.82, 2.24) is 0 Å². The molecule has 0 fully saturated rings. The Hall–Kier alpha value is -7.42. The summed E-state index contributed by atoms with van der Waals surface area (Å²) >= 11 is 0. The summed E-state index contributed by atoms with van der Waals surface area (Å²) in [5.41, 5.74) is 27.8. The molecule has 2 heteroatoms. The average molecular weight is 907 g/mol. The Kier molecular flexibility index (Phi) is 9.73. The summed E-state index contributed by atoms with van der Waals surface area (Å²) < 4.78 is 0. The van der Waals surface area contributed by atoms with E-state index >= 15 is 0 Å². The third-order valence-electron chi connectivity index (χ3n) is 16.9. The minimum atomic E-state index is -0.328. The molecule has 12 rings (SSSR count). The summed E-state index contributed by atoms with van der Waals surface area (Å²) in [7, 11) is 0. The van der Waals surface area contributed by atoms with Crippen molar-refractivity contribution in [2.75, 3.05) is 9.80 Å². The summed E-state index contributed by atoms with van der Waals surface area (Å²) in [6.07, 6.45) is 0. The zero-order chi connectivity index (χ0) is 48.7. The SMILES string of the molecule is Cc1ccc(N(c2ccc(C)c(C)c2)c2ccc3c(c2)c2c(c4cc(N(c5ccc(C)c(C)c5)c5ccc(C)c(C)c5)ccc43)C(C)(C)c3cc4c(cc3-2)C(C)(C)c2ccc3ccccc3c2-4)cc1C. The maximum Gasteiger partial charge on any atom is 0.0468 e. The molecule has 0 unspecified atom stereocenters. The number of anilines is 6. The van der Waals surface area contributed by atoms with Crippen molar-refractivity contribution in [2.45, 2.75) is 93.9 Å². The third-order valence-corrected chi connectivity index (χ3v) is 16.9. The molecule has 344 valence electrons. The molecule has 0 atom stereocenters. The molecule has 0 N–H and O–H groups in total. The van der Waals surface area contributed by atoms with E-state index in [0.29, 0.717) is 0 Å². The lowest BCUT2D eigenvalue weighted by molar-refractivity contribution is 0.654. The number of benzene rings is 10. The molecule has 2 nitrogen and oxygen atoms in total. The zero-order valence-corrected chi connectivity index (χ0v) is 42.9. The second-order valence-electron chi connectivity index (χ2n) is 21.9. The molecule has 0 heterocycles. The fraction of sp³-hybridized carbons (Fsp3) is 0.206. The second-order valence-corrected chi connectivity index (χ2v) is 21.9. The van der Waals surface area contributed by atoms with E-state index in [4.69, 9.17) is 0 Å². The fourth-order valence-corrected chi connectivity index (χ4v) is 12.2. The van der Waals surface area contributed by atoms with Crippen molar-refractivity contribution in [3.05, 3.63) is 224 Å². The lowest BCUT2D eigenvalue weighted by Crippen LogP contribution is -2.17. The van der Waals surface area contributed by atoms with Crippen LogP contribution in [0.2, 0.25) is 0 Å². The largest absolute Gasteiger partial charge is 0.310 e. The maximum absolute atomic E-state index is 2.61. The summed E-state index contributed by atoms with van der Waals surface area (Å²) in [4.78, 5) is 4.94. The van der Waals surface area contributed by atoms with E-state index in [0.717, 1.165) is 34.1 Å². The molecule has 0 amide bonds. The van der Waals surface area contributed by atoms with Crippen molar-refractivity contribution >= 4 is 66.4 Å². The first-order valence-electron chi connectivity index (χ1n) is 25.2. The molecular formula is C68H62N2. The minimum absolute atomic E-state index is 0.177. The molecule has 70 heavy (non-hydrogen) atoms. The Balaban J connectivity index is 1.17. The standard InChI is InChI=1S/C68H62N2/c1-39-17-22-48(31-43(39)5)69(49-23-18-40(2)44(6)32-49)52-26-28-55-56-29-27-53(70(50-24-19-41(3)45(7)33-50)51-25-20-42(4)46(8)34-51)36-58(56)66-65(57(55)35-52)60-38-62-59(37-63(60)68(66,11)12)64-54-16-14-13-15-47(54)21-30-61(64)67(62,9)10/h13-38H,1-12H3.